The van der Waals surface area contributed by atoms with E-state index >= 15 is 0 Å². The summed E-state index contributed by atoms with van der Waals surface area (Å²) >= 11 is 1.61. The molecule has 1 aliphatic rings. The third-order valence-electron chi connectivity index (χ3n) is 3.97. The zero-order chi connectivity index (χ0) is 19.3. The molecule has 2 aromatic rings. The molecule has 0 spiro atoms. The second-order valence-electron chi connectivity index (χ2n) is 5.58. The minimum absolute atomic E-state index is 0.0324. The molecule has 145 valence electrons. The molecule has 0 radical (unpaired) electrons. The van der Waals surface area contributed by atoms with Crippen molar-refractivity contribution < 1.29 is 49.0 Å². The zero-order valence-corrected chi connectivity index (χ0v) is 16.3. The van der Waals surface area contributed by atoms with Gasteiger partial charge >= 0.3 is 28.2 Å². The van der Waals surface area contributed by atoms with Gasteiger partial charge in [-0.2, -0.15) is 0 Å². The van der Waals surface area contributed by atoms with Crippen molar-refractivity contribution >= 4 is 26.5 Å². The van der Waals surface area contributed by atoms with Gasteiger partial charge in [-0.15, -0.1) is 0 Å². The van der Waals surface area contributed by atoms with Crippen molar-refractivity contribution in [2.75, 3.05) is 6.61 Å². The molecular weight excluding hydrogens is 547 g/mol. The number of fused-ring (bicyclic) bond motifs is 1. The number of aliphatic hydroxyl groups is 4. The first-order chi connectivity index (χ1) is 12.5. The molecule has 1 saturated heterocycles. The van der Waals surface area contributed by atoms with Gasteiger partial charge < -0.3 is 30.3 Å². The monoisotopic (exact) mass is 564 g/mol. The van der Waals surface area contributed by atoms with E-state index in [2.05, 4.69) is 19.4 Å². The van der Waals surface area contributed by atoms with Crippen molar-refractivity contribution in [3.63, 3.8) is 0 Å². The SMILES string of the molecule is OCC1OC(O)C(N=Cc2ccc3cccc(O)c3n2)[C@@H](O)[C@H]1O.[Cl][Pt]. The topological polar surface area (TPSA) is 136 Å². The van der Waals surface area contributed by atoms with Crippen LogP contribution in [0.1, 0.15) is 5.69 Å². The Bertz CT molecular complexity index is 765. The van der Waals surface area contributed by atoms with Crippen LogP contribution in [0.3, 0.4) is 0 Å². The number of aliphatic hydroxyl groups excluding tert-OH is 4. The number of aromatic hydroxyl groups is 1. The summed E-state index contributed by atoms with van der Waals surface area (Å²) in [5.41, 5.74) is 0.810. The average Bonchev–Trinajstić information content (AvgIpc) is 2.66. The Balaban J connectivity index is 0.00000117. The van der Waals surface area contributed by atoms with E-state index in [1.165, 1.54) is 12.3 Å². The first kappa shape index (κ1) is 21.2. The molecule has 1 aromatic heterocycles. The number of ether oxygens (including phenoxy) is 1. The Morgan fingerprint density at radius 1 is 1.15 bits per heavy atom. The van der Waals surface area contributed by atoms with E-state index in [4.69, 9.17) is 9.84 Å². The number of hydrogen-bond donors (Lipinski definition) is 5. The van der Waals surface area contributed by atoms with Crippen LogP contribution in [-0.4, -0.2) is 74.0 Å². The number of aliphatic imine (C=N–C) groups is 1. The molecule has 0 amide bonds. The Morgan fingerprint density at radius 3 is 2.58 bits per heavy atom. The molecule has 0 bridgehead atoms. The Hall–Kier alpha value is -1.12. The summed E-state index contributed by atoms with van der Waals surface area (Å²) in [4.78, 5) is 8.29. The summed E-state index contributed by atoms with van der Waals surface area (Å²) in [6, 6.07) is 7.33. The quantitative estimate of drug-likeness (QED) is 0.327. The standard InChI is InChI=1S/C16H18N2O6.ClH.Pt/c19-7-11-14(21)15(22)13(16(23)24-11)17-6-9-5-4-8-2-1-3-10(20)12(8)18-9;;/h1-6,11,13-16,19-23H,7H2;1H;/q;;+1/p-1/t11?,13?,14-,15+,16?;;/m0../s1. The predicted octanol–water partition coefficient (Wildman–Crippen LogP) is -0.154. The number of rotatable bonds is 3. The van der Waals surface area contributed by atoms with Crippen LogP contribution in [-0.2, 0) is 23.5 Å². The molecular formula is C16H18ClN2O6Pt. The number of nitrogens with zero attached hydrogens (tertiary/aromatic N) is 2. The van der Waals surface area contributed by atoms with Crippen LogP contribution in [0.25, 0.3) is 10.9 Å². The molecule has 0 saturated carbocycles. The molecule has 3 rings (SSSR count). The second-order valence-corrected chi connectivity index (χ2v) is 5.58. The molecule has 5 N–H and O–H groups in total. The van der Waals surface area contributed by atoms with Crippen molar-refractivity contribution in [3.8, 4) is 5.75 Å². The number of benzene rings is 1. The molecule has 0 aliphatic carbocycles. The van der Waals surface area contributed by atoms with Gasteiger partial charge in [0.1, 0.15) is 35.6 Å². The summed E-state index contributed by atoms with van der Waals surface area (Å²) in [5, 5.41) is 49.4. The van der Waals surface area contributed by atoms with E-state index in [-0.39, 0.29) is 5.75 Å². The summed E-state index contributed by atoms with van der Waals surface area (Å²) < 4.78 is 5.03. The molecule has 26 heavy (non-hydrogen) atoms. The van der Waals surface area contributed by atoms with E-state index in [1.807, 2.05) is 0 Å². The number of para-hydroxylation sites is 1. The van der Waals surface area contributed by atoms with Crippen LogP contribution in [0, 0.1) is 0 Å². The van der Waals surface area contributed by atoms with Crippen molar-refractivity contribution in [2.24, 2.45) is 4.99 Å². The first-order valence-corrected chi connectivity index (χ1v) is 10.4. The Kier molecular flexibility index (Phi) is 7.91. The summed E-state index contributed by atoms with van der Waals surface area (Å²) in [6.45, 7) is -0.531. The summed E-state index contributed by atoms with van der Waals surface area (Å²) in [7, 11) is 4.61. The third-order valence-corrected chi connectivity index (χ3v) is 3.97. The fraction of sp³-hybridized carbons (Fsp3) is 0.375. The van der Waals surface area contributed by atoms with Crippen LogP contribution in [0.15, 0.2) is 35.3 Å². The molecule has 2 heterocycles. The van der Waals surface area contributed by atoms with Crippen LogP contribution in [0.4, 0.5) is 0 Å². The molecule has 1 aliphatic heterocycles. The van der Waals surface area contributed by atoms with Gasteiger partial charge in [0, 0.05) is 11.6 Å². The molecule has 8 nitrogen and oxygen atoms in total. The fourth-order valence-electron chi connectivity index (χ4n) is 2.62. The van der Waals surface area contributed by atoms with Gasteiger partial charge in [-0.05, 0) is 12.1 Å². The third kappa shape index (κ3) is 4.58. The van der Waals surface area contributed by atoms with Gasteiger partial charge in [0.2, 0.25) is 0 Å². The van der Waals surface area contributed by atoms with E-state index in [0.717, 1.165) is 5.39 Å². The average molecular weight is 565 g/mol. The maximum atomic E-state index is 10.0. The molecule has 1 fully saturated rings. The maximum absolute atomic E-state index is 10.0. The normalized spacial score (nSPS) is 28.8. The van der Waals surface area contributed by atoms with Gasteiger partial charge in [0.15, 0.2) is 6.29 Å². The molecule has 5 atom stereocenters. The summed E-state index contributed by atoms with van der Waals surface area (Å²) in [5.74, 6) is 0.0324. The fourth-order valence-corrected chi connectivity index (χ4v) is 2.62. The van der Waals surface area contributed by atoms with Crippen molar-refractivity contribution in [2.45, 2.75) is 30.6 Å². The Labute approximate surface area is 164 Å². The van der Waals surface area contributed by atoms with Gasteiger partial charge in [-0.25, -0.2) is 4.98 Å². The van der Waals surface area contributed by atoms with Gasteiger partial charge in [0.25, 0.3) is 0 Å². The number of phenolic OH excluding ortho intramolecular Hbond substituents is 1. The van der Waals surface area contributed by atoms with Gasteiger partial charge in [-0.1, -0.05) is 18.2 Å². The Morgan fingerprint density at radius 2 is 1.88 bits per heavy atom. The van der Waals surface area contributed by atoms with Crippen molar-refractivity contribution in [1.29, 1.82) is 0 Å². The van der Waals surface area contributed by atoms with E-state index in [0.29, 0.717) is 11.2 Å². The van der Waals surface area contributed by atoms with E-state index in [1.54, 1.807) is 43.0 Å². The van der Waals surface area contributed by atoms with Crippen molar-refractivity contribution in [1.82, 2.24) is 4.98 Å². The van der Waals surface area contributed by atoms with Crippen LogP contribution in [0.2, 0.25) is 0 Å². The number of halogens is 1. The molecule has 3 unspecified atom stereocenters. The summed E-state index contributed by atoms with van der Waals surface area (Å²) in [6.07, 6.45) is -3.98. The van der Waals surface area contributed by atoms with Crippen LogP contribution < -0.4 is 0 Å². The van der Waals surface area contributed by atoms with Gasteiger partial charge in [0.05, 0.1) is 12.3 Å². The molecule has 10 heteroatoms. The van der Waals surface area contributed by atoms with Crippen molar-refractivity contribution in [3.05, 3.63) is 36.0 Å². The molecule has 1 aromatic carbocycles. The predicted molar refractivity (Wildman–Crippen MR) is 90.6 cm³/mol. The number of hydrogen-bond acceptors (Lipinski definition) is 8. The van der Waals surface area contributed by atoms with E-state index in [9.17, 15) is 20.4 Å². The first-order valence-electron chi connectivity index (χ1n) is 7.55. The number of phenols is 1. The zero-order valence-electron chi connectivity index (χ0n) is 13.3. The van der Waals surface area contributed by atoms with Crippen LogP contribution in [0.5, 0.6) is 5.75 Å². The second kappa shape index (κ2) is 9.71. The number of aromatic nitrogens is 1. The van der Waals surface area contributed by atoms with Crippen LogP contribution >= 0.6 is 9.42 Å². The van der Waals surface area contributed by atoms with E-state index < -0.39 is 37.3 Å². The minimum atomic E-state index is -1.47. The number of pyridine rings is 1. The van der Waals surface area contributed by atoms with Gasteiger partial charge in [-0.3, -0.25) is 4.99 Å².